The Bertz CT molecular complexity index is 866. The number of fused-ring (bicyclic) bond motifs is 1. The number of nitrogens with zero attached hydrogens (tertiary/aromatic N) is 2. The molecule has 0 fully saturated rings. The van der Waals surface area contributed by atoms with Crippen LogP contribution >= 0.6 is 0 Å². The van der Waals surface area contributed by atoms with Gasteiger partial charge in [0.15, 0.2) is 0 Å². The average Bonchev–Trinajstić information content (AvgIpc) is 2.49. The average molecular weight is 359 g/mol. The Morgan fingerprint density at radius 3 is 2.86 bits per heavy atom. The molecule has 3 nitrogen and oxygen atoms in total. The van der Waals surface area contributed by atoms with Gasteiger partial charge in [0.1, 0.15) is 0 Å². The number of aryl methyl sites for hydroxylation is 1. The number of aromatic nitrogens is 2. The van der Waals surface area contributed by atoms with Crippen LogP contribution in [0.2, 0.25) is 0 Å². The Labute approximate surface area is 133 Å². The summed E-state index contributed by atoms with van der Waals surface area (Å²) >= 11 is 2.63. The third-order valence-electron chi connectivity index (χ3n) is 3.19. The van der Waals surface area contributed by atoms with Gasteiger partial charge in [0, 0.05) is 0 Å². The van der Waals surface area contributed by atoms with E-state index >= 15 is 0 Å². The van der Waals surface area contributed by atoms with Crippen LogP contribution in [0.1, 0.15) is 11.1 Å². The van der Waals surface area contributed by atoms with Crippen molar-refractivity contribution >= 4 is 26.6 Å². The van der Waals surface area contributed by atoms with Gasteiger partial charge in [0.25, 0.3) is 0 Å². The van der Waals surface area contributed by atoms with Crippen molar-refractivity contribution in [1.82, 2.24) is 9.97 Å². The molecule has 2 aromatic carbocycles. The van der Waals surface area contributed by atoms with E-state index in [9.17, 15) is 0 Å². The van der Waals surface area contributed by atoms with Crippen LogP contribution in [0.4, 0.5) is 11.5 Å². The van der Waals surface area contributed by atoms with Crippen LogP contribution in [-0.4, -0.2) is 9.97 Å². The van der Waals surface area contributed by atoms with Gasteiger partial charge in [0.2, 0.25) is 0 Å². The maximum absolute atomic E-state index is 5.43. The molecule has 0 amide bonds. The van der Waals surface area contributed by atoms with Gasteiger partial charge in [-0.25, -0.2) is 0 Å². The molecule has 3 aromatic rings. The van der Waals surface area contributed by atoms with E-state index in [1.807, 2.05) is 24.3 Å². The molecule has 0 saturated heterocycles. The van der Waals surface area contributed by atoms with Crippen LogP contribution in [0, 0.1) is 19.3 Å². The van der Waals surface area contributed by atoms with E-state index in [0.717, 1.165) is 32.1 Å². The fourth-order valence-corrected chi connectivity index (χ4v) is 2.48. The third kappa shape index (κ3) is 2.79. The molecule has 1 aromatic heterocycles. The van der Waals surface area contributed by atoms with Gasteiger partial charge in [-0.2, -0.15) is 0 Å². The van der Waals surface area contributed by atoms with Crippen LogP contribution in [-0.2, 0) is 18.3 Å². The second-order valence-electron chi connectivity index (χ2n) is 4.68. The Balaban J connectivity index is 2.08. The molecule has 1 heterocycles. The molecule has 0 spiro atoms. The summed E-state index contributed by atoms with van der Waals surface area (Å²) in [6.07, 6.45) is 7.00. The summed E-state index contributed by atoms with van der Waals surface area (Å²) in [5.74, 6) is 3.41. The van der Waals surface area contributed by atoms with Gasteiger partial charge >= 0.3 is 133 Å². The number of benzene rings is 2. The molecule has 4 heteroatoms. The molecule has 0 atom stereocenters. The molecular formula is C17H12N3Ru. The number of hydrogen-bond donors (Lipinski definition) is 1. The fraction of sp³-hybridized carbons (Fsp3) is 0.0588. The van der Waals surface area contributed by atoms with Crippen molar-refractivity contribution in [3.8, 4) is 12.3 Å². The molecule has 103 valence electrons. The van der Waals surface area contributed by atoms with E-state index in [-0.39, 0.29) is 0 Å². The number of nitrogens with one attached hydrogen (secondary N) is 1. The number of hydrogen-bond acceptors (Lipinski definition) is 3. The van der Waals surface area contributed by atoms with Crippen LogP contribution < -0.4 is 9.47 Å². The van der Waals surface area contributed by atoms with Crippen molar-refractivity contribution in [3.63, 3.8) is 0 Å². The van der Waals surface area contributed by atoms with E-state index in [1.54, 1.807) is 6.33 Å². The zero-order chi connectivity index (χ0) is 14.8. The maximum atomic E-state index is 5.43. The van der Waals surface area contributed by atoms with E-state index in [1.165, 1.54) is 5.56 Å². The second-order valence-corrected chi connectivity index (χ2v) is 5.61. The molecular weight excluding hydrogens is 347 g/mol. The summed E-state index contributed by atoms with van der Waals surface area (Å²) < 4.78 is 1.15. The Morgan fingerprint density at radius 1 is 1.19 bits per heavy atom. The zero-order valence-corrected chi connectivity index (χ0v) is 13.1. The van der Waals surface area contributed by atoms with Crippen LogP contribution in [0.15, 0.2) is 42.7 Å². The predicted octanol–water partition coefficient (Wildman–Crippen LogP) is 2.84. The van der Waals surface area contributed by atoms with E-state index in [4.69, 9.17) is 6.42 Å². The Morgan fingerprint density at radius 2 is 2.05 bits per heavy atom. The topological polar surface area (TPSA) is 37.8 Å². The molecule has 0 aliphatic carbocycles. The molecule has 0 aliphatic heterocycles. The molecule has 0 saturated carbocycles. The monoisotopic (exact) mass is 360 g/mol. The van der Waals surface area contributed by atoms with Crippen LogP contribution in [0.3, 0.4) is 0 Å². The molecule has 21 heavy (non-hydrogen) atoms. The SMILES string of the molecule is C#Cc1cccc(Nc2ncnc3cc(C)[c]([Ru])cc23)c1. The van der Waals surface area contributed by atoms with Crippen molar-refractivity contribution in [3.05, 3.63) is 53.9 Å². The minimum atomic E-state index is 0.778. The van der Waals surface area contributed by atoms with Gasteiger partial charge in [-0.1, -0.05) is 0 Å². The quantitative estimate of drug-likeness (QED) is 0.565. The molecule has 0 bridgehead atoms. The van der Waals surface area contributed by atoms with Crippen LogP contribution in [0.5, 0.6) is 0 Å². The number of anilines is 2. The number of rotatable bonds is 2. The van der Waals surface area contributed by atoms with Gasteiger partial charge in [-0.15, -0.1) is 0 Å². The molecule has 1 N–H and O–H groups in total. The van der Waals surface area contributed by atoms with Crippen LogP contribution in [0.25, 0.3) is 10.9 Å². The Kier molecular flexibility index (Phi) is 3.68. The summed E-state index contributed by atoms with van der Waals surface area (Å²) in [6, 6.07) is 11.8. The summed E-state index contributed by atoms with van der Waals surface area (Å²) in [6.45, 7) is 2.07. The molecule has 3 rings (SSSR count). The fourth-order valence-electron chi connectivity index (χ4n) is 2.10. The first-order valence-electron chi connectivity index (χ1n) is 6.41. The van der Waals surface area contributed by atoms with Gasteiger partial charge < -0.3 is 0 Å². The van der Waals surface area contributed by atoms with Gasteiger partial charge in [-0.05, 0) is 0 Å². The predicted molar refractivity (Wildman–Crippen MR) is 81.6 cm³/mol. The van der Waals surface area contributed by atoms with E-state index in [2.05, 4.69) is 58.6 Å². The van der Waals surface area contributed by atoms with Crippen molar-refractivity contribution in [2.75, 3.05) is 5.32 Å². The van der Waals surface area contributed by atoms with E-state index < -0.39 is 0 Å². The van der Waals surface area contributed by atoms with Gasteiger partial charge in [-0.3, -0.25) is 0 Å². The minimum absolute atomic E-state index is 0.778. The summed E-state index contributed by atoms with van der Waals surface area (Å²) in [7, 11) is 0. The first kappa shape index (κ1) is 13.7. The number of terminal acetylenes is 1. The molecule has 0 unspecified atom stereocenters. The molecule has 0 radical (unpaired) electrons. The first-order valence-corrected chi connectivity index (χ1v) is 7.27. The summed E-state index contributed by atoms with van der Waals surface area (Å²) in [4.78, 5) is 8.67. The van der Waals surface area contributed by atoms with Crippen molar-refractivity contribution in [2.24, 2.45) is 0 Å². The normalized spacial score (nSPS) is 10.3. The van der Waals surface area contributed by atoms with Gasteiger partial charge in [0.05, 0.1) is 0 Å². The van der Waals surface area contributed by atoms with Crippen molar-refractivity contribution < 1.29 is 18.3 Å². The van der Waals surface area contributed by atoms with Crippen molar-refractivity contribution in [1.29, 1.82) is 0 Å². The van der Waals surface area contributed by atoms with Crippen molar-refractivity contribution in [2.45, 2.75) is 6.92 Å². The molecule has 0 aliphatic rings. The summed E-state index contributed by atoms with van der Waals surface area (Å²) in [5.41, 5.74) is 3.86. The summed E-state index contributed by atoms with van der Waals surface area (Å²) in [5, 5.41) is 4.30. The first-order chi connectivity index (χ1) is 10.2. The third-order valence-corrected chi connectivity index (χ3v) is 4.13. The Hall–Kier alpha value is -2.24. The second kappa shape index (κ2) is 5.63. The standard InChI is InChI=1S/C17H12N3.Ru/c1-3-13-5-4-6-14(10-13)20-17-15-8-7-12(2)9-16(15)18-11-19-17;/h1,4-6,8-11H,2H3,(H,18,19,20);. The van der Waals surface area contributed by atoms with E-state index in [0.29, 0.717) is 0 Å². The zero-order valence-electron chi connectivity index (χ0n) is 11.4.